The van der Waals surface area contributed by atoms with Gasteiger partial charge in [0.15, 0.2) is 0 Å². The van der Waals surface area contributed by atoms with E-state index in [4.69, 9.17) is 0 Å². The van der Waals surface area contributed by atoms with Crippen molar-refractivity contribution in [3.05, 3.63) is 30.7 Å². The molecular formula is C12H15FN6. The highest BCUT2D eigenvalue weighted by atomic mass is 19.1. The molecule has 2 aromatic rings. The standard InChI is InChI=1S/C12H15FN6/c13-11-6-12(15-8-14-11)17-10-3-1-2-9(10)7-19-5-4-16-18-19/h4-6,8-10H,1-3,7H2,(H,14,15,17)/t9-,10-/m1/s1. The summed E-state index contributed by atoms with van der Waals surface area (Å²) in [5.74, 6) is 0.492. The Labute approximate surface area is 110 Å². The number of hydrogen-bond donors (Lipinski definition) is 1. The lowest BCUT2D eigenvalue weighted by Crippen LogP contribution is -2.28. The normalized spacial score (nSPS) is 22.6. The average molecular weight is 262 g/mol. The molecule has 1 aliphatic carbocycles. The zero-order chi connectivity index (χ0) is 13.1. The summed E-state index contributed by atoms with van der Waals surface area (Å²) in [5, 5.41) is 11.1. The minimum Gasteiger partial charge on any atom is -0.367 e. The Morgan fingerprint density at radius 3 is 3.11 bits per heavy atom. The second-order valence-electron chi connectivity index (χ2n) is 4.79. The molecule has 1 saturated carbocycles. The van der Waals surface area contributed by atoms with E-state index in [0.29, 0.717) is 17.8 Å². The second-order valence-corrected chi connectivity index (χ2v) is 4.79. The minimum atomic E-state index is -0.511. The molecular weight excluding hydrogens is 247 g/mol. The van der Waals surface area contributed by atoms with Gasteiger partial charge < -0.3 is 5.32 Å². The molecule has 2 aromatic heterocycles. The fourth-order valence-corrected chi connectivity index (χ4v) is 2.62. The summed E-state index contributed by atoms with van der Waals surface area (Å²) in [5.41, 5.74) is 0. The molecule has 7 heteroatoms. The highest BCUT2D eigenvalue weighted by Crippen LogP contribution is 2.29. The molecule has 1 N–H and O–H groups in total. The Balaban J connectivity index is 1.66. The molecule has 1 aliphatic rings. The van der Waals surface area contributed by atoms with E-state index in [9.17, 15) is 4.39 Å². The molecule has 0 bridgehead atoms. The third kappa shape index (κ3) is 2.86. The molecule has 0 unspecified atom stereocenters. The van der Waals surface area contributed by atoms with E-state index in [0.717, 1.165) is 25.8 Å². The molecule has 2 heterocycles. The summed E-state index contributed by atoms with van der Waals surface area (Å²) in [6.07, 6.45) is 8.12. The van der Waals surface area contributed by atoms with Crippen molar-refractivity contribution in [2.45, 2.75) is 31.8 Å². The first-order chi connectivity index (χ1) is 9.31. The first kappa shape index (κ1) is 12.0. The summed E-state index contributed by atoms with van der Waals surface area (Å²) in [6.45, 7) is 0.825. The van der Waals surface area contributed by atoms with Crippen molar-refractivity contribution in [1.29, 1.82) is 0 Å². The molecule has 0 saturated heterocycles. The molecule has 2 atom stereocenters. The molecule has 0 amide bonds. The van der Waals surface area contributed by atoms with Gasteiger partial charge in [-0.1, -0.05) is 11.6 Å². The first-order valence-corrected chi connectivity index (χ1v) is 6.39. The van der Waals surface area contributed by atoms with Crippen LogP contribution in [0.2, 0.25) is 0 Å². The number of halogens is 1. The number of rotatable bonds is 4. The van der Waals surface area contributed by atoms with E-state index in [1.165, 1.54) is 12.4 Å². The topological polar surface area (TPSA) is 68.5 Å². The van der Waals surface area contributed by atoms with Gasteiger partial charge in [-0.15, -0.1) is 5.10 Å². The van der Waals surface area contributed by atoms with Crippen molar-refractivity contribution in [2.24, 2.45) is 5.92 Å². The van der Waals surface area contributed by atoms with Crippen LogP contribution in [-0.4, -0.2) is 31.0 Å². The molecule has 0 spiro atoms. The third-order valence-electron chi connectivity index (χ3n) is 3.52. The van der Waals surface area contributed by atoms with Crippen molar-refractivity contribution in [3.63, 3.8) is 0 Å². The van der Waals surface area contributed by atoms with Gasteiger partial charge in [-0.2, -0.15) is 4.39 Å². The van der Waals surface area contributed by atoms with Crippen LogP contribution < -0.4 is 5.32 Å². The van der Waals surface area contributed by atoms with Crippen LogP contribution in [0.25, 0.3) is 0 Å². The summed E-state index contributed by atoms with van der Waals surface area (Å²) in [4.78, 5) is 7.49. The monoisotopic (exact) mass is 262 g/mol. The van der Waals surface area contributed by atoms with Gasteiger partial charge in [0.05, 0.1) is 6.20 Å². The summed E-state index contributed by atoms with van der Waals surface area (Å²) in [7, 11) is 0. The Kier molecular flexibility index (Phi) is 3.35. The zero-order valence-corrected chi connectivity index (χ0v) is 10.4. The zero-order valence-electron chi connectivity index (χ0n) is 10.4. The predicted octanol–water partition coefficient (Wildman–Crippen LogP) is 1.49. The molecule has 0 aliphatic heterocycles. The van der Waals surface area contributed by atoms with Crippen molar-refractivity contribution in [3.8, 4) is 0 Å². The smallest absolute Gasteiger partial charge is 0.217 e. The van der Waals surface area contributed by atoms with Gasteiger partial charge >= 0.3 is 0 Å². The van der Waals surface area contributed by atoms with E-state index < -0.39 is 5.95 Å². The van der Waals surface area contributed by atoms with Crippen molar-refractivity contribution in [2.75, 3.05) is 5.32 Å². The molecule has 6 nitrogen and oxygen atoms in total. The van der Waals surface area contributed by atoms with Gasteiger partial charge in [-0.25, -0.2) is 9.97 Å². The van der Waals surface area contributed by atoms with Gasteiger partial charge in [0.1, 0.15) is 12.1 Å². The molecule has 3 rings (SSSR count). The Morgan fingerprint density at radius 1 is 1.37 bits per heavy atom. The van der Waals surface area contributed by atoms with Crippen LogP contribution in [0.15, 0.2) is 24.8 Å². The molecule has 100 valence electrons. The fraction of sp³-hybridized carbons (Fsp3) is 0.500. The summed E-state index contributed by atoms with van der Waals surface area (Å²) in [6, 6.07) is 1.61. The van der Waals surface area contributed by atoms with E-state index in [1.807, 2.05) is 10.9 Å². The summed E-state index contributed by atoms with van der Waals surface area (Å²) < 4.78 is 14.9. The van der Waals surface area contributed by atoms with E-state index in [1.54, 1.807) is 6.20 Å². The largest absolute Gasteiger partial charge is 0.367 e. The van der Waals surface area contributed by atoms with Gasteiger partial charge in [0.25, 0.3) is 0 Å². The quantitative estimate of drug-likeness (QED) is 0.845. The minimum absolute atomic E-state index is 0.290. The van der Waals surface area contributed by atoms with Gasteiger partial charge in [-0.05, 0) is 18.8 Å². The Morgan fingerprint density at radius 2 is 2.32 bits per heavy atom. The van der Waals surface area contributed by atoms with Crippen LogP contribution >= 0.6 is 0 Å². The second kappa shape index (κ2) is 5.29. The third-order valence-corrected chi connectivity index (χ3v) is 3.52. The van der Waals surface area contributed by atoms with Crippen LogP contribution in [0, 0.1) is 11.9 Å². The highest BCUT2D eigenvalue weighted by molar-refractivity contribution is 5.34. The van der Waals surface area contributed by atoms with Crippen LogP contribution in [-0.2, 0) is 6.54 Å². The number of nitrogens with one attached hydrogen (secondary N) is 1. The average Bonchev–Trinajstić information content (AvgIpc) is 3.03. The van der Waals surface area contributed by atoms with Crippen molar-refractivity contribution in [1.82, 2.24) is 25.0 Å². The van der Waals surface area contributed by atoms with Crippen molar-refractivity contribution < 1.29 is 4.39 Å². The van der Waals surface area contributed by atoms with Gasteiger partial charge in [0, 0.05) is 24.8 Å². The maximum absolute atomic E-state index is 13.0. The SMILES string of the molecule is Fc1cc(N[C@@H]2CCC[C@@H]2Cn2ccnn2)ncn1. The van der Waals surface area contributed by atoms with Crippen molar-refractivity contribution >= 4 is 5.82 Å². The number of aromatic nitrogens is 5. The number of nitrogens with zero attached hydrogens (tertiary/aromatic N) is 5. The van der Waals surface area contributed by atoms with E-state index in [2.05, 4.69) is 25.6 Å². The lowest BCUT2D eigenvalue weighted by Gasteiger charge is -2.21. The molecule has 19 heavy (non-hydrogen) atoms. The summed E-state index contributed by atoms with van der Waals surface area (Å²) >= 11 is 0. The number of anilines is 1. The van der Waals surface area contributed by atoms with Crippen LogP contribution in [0.5, 0.6) is 0 Å². The van der Waals surface area contributed by atoms with Gasteiger partial charge in [-0.3, -0.25) is 4.68 Å². The lowest BCUT2D eigenvalue weighted by atomic mass is 10.0. The Hall–Kier alpha value is -2.05. The molecule has 0 aromatic carbocycles. The maximum Gasteiger partial charge on any atom is 0.217 e. The maximum atomic E-state index is 13.0. The lowest BCUT2D eigenvalue weighted by molar-refractivity contribution is 0.398. The first-order valence-electron chi connectivity index (χ1n) is 6.39. The van der Waals surface area contributed by atoms with Crippen LogP contribution in [0.1, 0.15) is 19.3 Å². The molecule has 0 radical (unpaired) electrons. The molecule has 1 fully saturated rings. The predicted molar refractivity (Wildman–Crippen MR) is 66.8 cm³/mol. The number of hydrogen-bond acceptors (Lipinski definition) is 5. The van der Waals surface area contributed by atoms with Crippen LogP contribution in [0.3, 0.4) is 0 Å². The van der Waals surface area contributed by atoms with Gasteiger partial charge in [0.2, 0.25) is 5.95 Å². The van der Waals surface area contributed by atoms with E-state index >= 15 is 0 Å². The van der Waals surface area contributed by atoms with Crippen LogP contribution in [0.4, 0.5) is 10.2 Å². The fourth-order valence-electron chi connectivity index (χ4n) is 2.62. The highest BCUT2D eigenvalue weighted by Gasteiger charge is 2.28. The Bertz CT molecular complexity index is 529. The van der Waals surface area contributed by atoms with E-state index in [-0.39, 0.29) is 0 Å².